The first-order valence-corrected chi connectivity index (χ1v) is 6.43. The molecule has 0 saturated carbocycles. The molecule has 1 nitrogen and oxygen atoms in total. The molecular formula is C15H24FN. The van der Waals surface area contributed by atoms with Gasteiger partial charge in [0.05, 0.1) is 0 Å². The maximum atomic E-state index is 13.7. The van der Waals surface area contributed by atoms with E-state index in [4.69, 9.17) is 5.73 Å². The first-order chi connectivity index (χ1) is 7.91. The van der Waals surface area contributed by atoms with E-state index in [9.17, 15) is 4.39 Å². The molecule has 96 valence electrons. The minimum atomic E-state index is -0.0776. The molecule has 0 aliphatic carbocycles. The average Bonchev–Trinajstić information content (AvgIpc) is 2.25. The lowest BCUT2D eigenvalue weighted by molar-refractivity contribution is 0.450. The quantitative estimate of drug-likeness (QED) is 0.829. The van der Waals surface area contributed by atoms with E-state index in [1.54, 1.807) is 6.07 Å². The Bertz CT molecular complexity index is 371. The summed E-state index contributed by atoms with van der Waals surface area (Å²) in [7, 11) is 0. The van der Waals surface area contributed by atoms with Crippen LogP contribution in [0.3, 0.4) is 0 Å². The minimum Gasteiger partial charge on any atom is -0.327 e. The number of nitrogens with two attached hydrogens (primary N) is 1. The highest BCUT2D eigenvalue weighted by Gasteiger charge is 2.09. The van der Waals surface area contributed by atoms with E-state index in [1.807, 2.05) is 19.9 Å². The summed E-state index contributed by atoms with van der Waals surface area (Å²) < 4.78 is 13.7. The van der Waals surface area contributed by atoms with Gasteiger partial charge < -0.3 is 5.73 Å². The molecule has 0 heterocycles. The van der Waals surface area contributed by atoms with Crippen molar-refractivity contribution in [3.63, 3.8) is 0 Å². The van der Waals surface area contributed by atoms with Crippen LogP contribution in [0.4, 0.5) is 4.39 Å². The fraction of sp³-hybridized carbons (Fsp3) is 0.600. The van der Waals surface area contributed by atoms with Crippen LogP contribution in [-0.4, -0.2) is 6.04 Å². The van der Waals surface area contributed by atoms with Crippen LogP contribution in [0.25, 0.3) is 0 Å². The first-order valence-electron chi connectivity index (χ1n) is 6.43. The minimum absolute atomic E-state index is 0.0776. The summed E-state index contributed by atoms with van der Waals surface area (Å²) >= 11 is 0. The molecular weight excluding hydrogens is 213 g/mol. The average molecular weight is 237 g/mol. The van der Waals surface area contributed by atoms with Gasteiger partial charge in [0.1, 0.15) is 5.82 Å². The van der Waals surface area contributed by atoms with Crippen molar-refractivity contribution in [2.75, 3.05) is 0 Å². The number of benzene rings is 1. The smallest absolute Gasteiger partial charge is 0.126 e. The largest absolute Gasteiger partial charge is 0.327 e. The molecule has 0 bridgehead atoms. The van der Waals surface area contributed by atoms with Crippen molar-refractivity contribution in [3.05, 3.63) is 34.6 Å². The molecule has 0 aliphatic heterocycles. The second-order valence-electron chi connectivity index (χ2n) is 5.33. The lowest BCUT2D eigenvalue weighted by Crippen LogP contribution is -2.26. The van der Waals surface area contributed by atoms with Crippen molar-refractivity contribution < 1.29 is 4.39 Å². The van der Waals surface area contributed by atoms with E-state index in [0.29, 0.717) is 5.92 Å². The zero-order valence-electron chi connectivity index (χ0n) is 11.4. The van der Waals surface area contributed by atoms with Crippen molar-refractivity contribution >= 4 is 0 Å². The predicted octanol–water partition coefficient (Wildman–Crippen LogP) is 3.75. The molecule has 17 heavy (non-hydrogen) atoms. The Kier molecular flexibility index (Phi) is 5.13. The van der Waals surface area contributed by atoms with Crippen LogP contribution in [-0.2, 0) is 6.42 Å². The number of hydrogen-bond acceptors (Lipinski definition) is 1. The Hall–Kier alpha value is -0.890. The van der Waals surface area contributed by atoms with Gasteiger partial charge in [-0.25, -0.2) is 4.39 Å². The number of rotatable bonds is 5. The highest BCUT2D eigenvalue weighted by Crippen LogP contribution is 2.17. The zero-order chi connectivity index (χ0) is 13.0. The summed E-state index contributed by atoms with van der Waals surface area (Å²) in [5, 5.41) is 0. The first kappa shape index (κ1) is 14.2. The molecule has 1 unspecified atom stereocenters. The molecule has 2 heteroatoms. The van der Waals surface area contributed by atoms with Crippen LogP contribution >= 0.6 is 0 Å². The fourth-order valence-electron chi connectivity index (χ4n) is 1.89. The monoisotopic (exact) mass is 237 g/mol. The van der Waals surface area contributed by atoms with Crippen LogP contribution in [0.1, 0.15) is 43.4 Å². The van der Waals surface area contributed by atoms with E-state index < -0.39 is 0 Å². The summed E-state index contributed by atoms with van der Waals surface area (Å²) in [4.78, 5) is 0. The zero-order valence-corrected chi connectivity index (χ0v) is 11.4. The van der Waals surface area contributed by atoms with Gasteiger partial charge in [-0.15, -0.1) is 0 Å². The van der Waals surface area contributed by atoms with Crippen LogP contribution < -0.4 is 5.73 Å². The Morgan fingerprint density at radius 3 is 2.35 bits per heavy atom. The molecule has 1 aromatic carbocycles. The van der Waals surface area contributed by atoms with E-state index in [-0.39, 0.29) is 11.9 Å². The van der Waals surface area contributed by atoms with Crippen LogP contribution in [0.15, 0.2) is 12.1 Å². The van der Waals surface area contributed by atoms with Crippen LogP contribution in [0.5, 0.6) is 0 Å². The van der Waals surface area contributed by atoms with Gasteiger partial charge in [-0.3, -0.25) is 0 Å². The molecule has 0 radical (unpaired) electrons. The molecule has 0 aromatic heterocycles. The summed E-state index contributed by atoms with van der Waals surface area (Å²) in [6.07, 6.45) is 2.70. The summed E-state index contributed by atoms with van der Waals surface area (Å²) in [5.41, 5.74) is 8.98. The van der Waals surface area contributed by atoms with Crippen molar-refractivity contribution in [1.82, 2.24) is 0 Å². The molecule has 1 aromatic rings. The van der Waals surface area contributed by atoms with Crippen LogP contribution in [0.2, 0.25) is 0 Å². The second-order valence-corrected chi connectivity index (χ2v) is 5.33. The third kappa shape index (κ3) is 4.12. The van der Waals surface area contributed by atoms with Gasteiger partial charge in [-0.2, -0.15) is 0 Å². The molecule has 1 rings (SSSR count). The molecule has 0 saturated heterocycles. The Labute approximate surface area is 104 Å². The molecule has 0 amide bonds. The maximum Gasteiger partial charge on any atom is 0.126 e. The van der Waals surface area contributed by atoms with E-state index in [1.165, 1.54) is 0 Å². The second kappa shape index (κ2) is 6.15. The number of aryl methyl sites for hydroxylation is 3. The van der Waals surface area contributed by atoms with Gasteiger partial charge in [0.25, 0.3) is 0 Å². The third-order valence-electron chi connectivity index (χ3n) is 3.50. The summed E-state index contributed by atoms with van der Waals surface area (Å²) in [6.45, 7) is 8.22. The summed E-state index contributed by atoms with van der Waals surface area (Å²) in [5.74, 6) is 0.422. The topological polar surface area (TPSA) is 26.0 Å². The predicted molar refractivity (Wildman–Crippen MR) is 71.6 cm³/mol. The third-order valence-corrected chi connectivity index (χ3v) is 3.50. The Morgan fingerprint density at radius 2 is 1.76 bits per heavy atom. The van der Waals surface area contributed by atoms with Crippen LogP contribution in [0, 0.1) is 25.6 Å². The normalized spacial score (nSPS) is 13.1. The van der Waals surface area contributed by atoms with Gasteiger partial charge in [0.15, 0.2) is 0 Å². The lowest BCUT2D eigenvalue weighted by Gasteiger charge is -2.15. The van der Waals surface area contributed by atoms with Crippen molar-refractivity contribution in [1.29, 1.82) is 0 Å². The Morgan fingerprint density at radius 1 is 1.18 bits per heavy atom. The molecule has 0 fully saturated rings. The molecule has 0 aliphatic rings. The van der Waals surface area contributed by atoms with Crippen molar-refractivity contribution in [2.45, 2.75) is 53.0 Å². The highest BCUT2D eigenvalue weighted by atomic mass is 19.1. The van der Waals surface area contributed by atoms with Gasteiger partial charge in [0, 0.05) is 6.04 Å². The van der Waals surface area contributed by atoms with Crippen molar-refractivity contribution in [3.8, 4) is 0 Å². The maximum absolute atomic E-state index is 13.7. The van der Waals surface area contributed by atoms with Gasteiger partial charge in [-0.1, -0.05) is 19.9 Å². The highest BCUT2D eigenvalue weighted by molar-refractivity contribution is 5.31. The van der Waals surface area contributed by atoms with E-state index in [2.05, 4.69) is 13.8 Å². The SMILES string of the molecule is Cc1cc(F)c(CCCC(N)C(C)C)cc1C. The van der Waals surface area contributed by atoms with Gasteiger partial charge in [-0.05, 0) is 61.8 Å². The molecule has 2 N–H and O–H groups in total. The number of halogens is 1. The van der Waals surface area contributed by atoms with Gasteiger partial charge >= 0.3 is 0 Å². The van der Waals surface area contributed by atoms with E-state index in [0.717, 1.165) is 36.0 Å². The molecule has 1 atom stereocenters. The van der Waals surface area contributed by atoms with Crippen molar-refractivity contribution in [2.24, 2.45) is 11.7 Å². The standard InChI is InChI=1S/C15H24FN/c1-10(2)15(17)7-5-6-13-8-11(3)12(4)9-14(13)16/h8-10,15H,5-7,17H2,1-4H3. The fourth-order valence-corrected chi connectivity index (χ4v) is 1.89. The number of hydrogen-bond donors (Lipinski definition) is 1. The lowest BCUT2D eigenvalue weighted by atomic mass is 9.96. The summed E-state index contributed by atoms with van der Waals surface area (Å²) in [6, 6.07) is 3.82. The van der Waals surface area contributed by atoms with Gasteiger partial charge in [0.2, 0.25) is 0 Å². The molecule has 0 spiro atoms. The van der Waals surface area contributed by atoms with E-state index >= 15 is 0 Å². The Balaban J connectivity index is 2.55.